The Kier molecular flexibility index (Phi) is 6.80. The number of Topliss-reactive ketones (excluding diaryl/α,β-unsaturated/α-hetero) is 1. The van der Waals surface area contributed by atoms with Gasteiger partial charge in [-0.25, -0.2) is 0 Å². The lowest BCUT2D eigenvalue weighted by atomic mass is 9.89. The molecule has 0 radical (unpaired) electrons. The highest BCUT2D eigenvalue weighted by Crippen LogP contribution is 2.23. The molecule has 0 amide bonds. The largest absolute Gasteiger partial charge is 0.394 e. The predicted molar refractivity (Wildman–Crippen MR) is 68.5 cm³/mol. The van der Waals surface area contributed by atoms with Crippen molar-refractivity contribution in [3.63, 3.8) is 0 Å². The molecule has 1 aliphatic heterocycles. The van der Waals surface area contributed by atoms with Crippen LogP contribution in [0.25, 0.3) is 0 Å². The maximum atomic E-state index is 12.0. The van der Waals surface area contributed by atoms with Gasteiger partial charge in [-0.05, 0) is 6.92 Å². The minimum atomic E-state index is -2.24. The molecular formula is C12H22O10. The molecule has 9 atom stereocenters. The molecule has 1 aliphatic rings. The number of carbonyl (C=O) groups excluding carboxylic acids is 1. The van der Waals surface area contributed by atoms with Crippen LogP contribution in [0.3, 0.4) is 0 Å². The zero-order valence-corrected chi connectivity index (χ0v) is 11.8. The number of rotatable bonds is 6. The van der Waals surface area contributed by atoms with Gasteiger partial charge < -0.3 is 45.6 Å². The molecule has 130 valence electrons. The Labute approximate surface area is 125 Å². The van der Waals surface area contributed by atoms with E-state index in [1.54, 1.807) is 0 Å². The molecule has 0 aromatic heterocycles. The van der Waals surface area contributed by atoms with Gasteiger partial charge in [0.2, 0.25) is 0 Å². The maximum absolute atomic E-state index is 12.0. The lowest BCUT2D eigenvalue weighted by molar-refractivity contribution is -0.221. The molecule has 1 saturated heterocycles. The third-order valence-electron chi connectivity index (χ3n) is 3.68. The van der Waals surface area contributed by atoms with Crippen molar-refractivity contribution in [1.29, 1.82) is 0 Å². The number of aliphatic hydroxyl groups excluding tert-OH is 8. The Morgan fingerprint density at radius 2 is 1.55 bits per heavy atom. The molecule has 1 unspecified atom stereocenters. The van der Waals surface area contributed by atoms with Crippen LogP contribution in [0.1, 0.15) is 6.92 Å². The lowest BCUT2D eigenvalue weighted by Crippen LogP contribution is -2.62. The van der Waals surface area contributed by atoms with Crippen molar-refractivity contribution in [2.45, 2.75) is 61.9 Å². The molecule has 10 heteroatoms. The molecule has 0 aromatic rings. The van der Waals surface area contributed by atoms with Gasteiger partial charge in [-0.1, -0.05) is 0 Å². The first-order valence-corrected chi connectivity index (χ1v) is 6.70. The summed E-state index contributed by atoms with van der Waals surface area (Å²) >= 11 is 0. The molecule has 8 N–H and O–H groups in total. The van der Waals surface area contributed by atoms with Gasteiger partial charge >= 0.3 is 0 Å². The highest BCUT2D eigenvalue weighted by molar-refractivity contribution is 5.88. The summed E-state index contributed by atoms with van der Waals surface area (Å²) in [6.45, 7) is 0.414. The quantitative estimate of drug-likeness (QED) is 0.234. The highest BCUT2D eigenvalue weighted by atomic mass is 16.5. The van der Waals surface area contributed by atoms with Crippen molar-refractivity contribution in [3.05, 3.63) is 0 Å². The molecule has 0 spiro atoms. The van der Waals surface area contributed by atoms with Crippen molar-refractivity contribution >= 4 is 5.78 Å². The van der Waals surface area contributed by atoms with E-state index in [1.807, 2.05) is 0 Å². The summed E-state index contributed by atoms with van der Waals surface area (Å²) in [7, 11) is 0. The molecule has 1 rings (SSSR count). The van der Waals surface area contributed by atoms with Gasteiger partial charge in [0, 0.05) is 0 Å². The van der Waals surface area contributed by atoms with Gasteiger partial charge in [-0.3, -0.25) is 4.79 Å². The van der Waals surface area contributed by atoms with Crippen LogP contribution in [0, 0.1) is 0 Å². The lowest BCUT2D eigenvalue weighted by Gasteiger charge is -2.39. The molecule has 0 aromatic carbocycles. The van der Waals surface area contributed by atoms with Crippen molar-refractivity contribution in [3.8, 4) is 0 Å². The van der Waals surface area contributed by atoms with E-state index in [0.29, 0.717) is 0 Å². The van der Waals surface area contributed by atoms with Crippen LogP contribution in [0.2, 0.25) is 0 Å². The third kappa shape index (κ3) is 3.79. The standard InChI is InChI=1S/C12H22O10/c1-3-5(15)7(17)10(20)12(22-3)11(21)9(19)8(18)6(16)4(14)2-13/h3-10,12-20H,2H2,1H3/t3-,4-,5+,6-,7+,8+,9-,10-,12?/m1/s1. The van der Waals surface area contributed by atoms with Gasteiger partial charge in [0.05, 0.1) is 12.7 Å². The number of carbonyl (C=O) groups is 1. The first kappa shape index (κ1) is 19.4. The summed E-state index contributed by atoms with van der Waals surface area (Å²) in [5.74, 6) is -1.25. The maximum Gasteiger partial charge on any atom is 0.195 e. The monoisotopic (exact) mass is 326 g/mol. The average molecular weight is 326 g/mol. The first-order chi connectivity index (χ1) is 10.1. The van der Waals surface area contributed by atoms with E-state index in [0.717, 1.165) is 0 Å². The first-order valence-electron chi connectivity index (χ1n) is 6.70. The SMILES string of the molecule is C[C@H]1OC(C(=O)[C@H](O)[C@@H](O)[C@H](O)[C@H](O)CO)[C@H](O)[C@@H](O)[C@H]1O. The number of hydrogen-bond acceptors (Lipinski definition) is 10. The van der Waals surface area contributed by atoms with E-state index >= 15 is 0 Å². The molecule has 0 bridgehead atoms. The molecule has 22 heavy (non-hydrogen) atoms. The topological polar surface area (TPSA) is 188 Å². The second kappa shape index (κ2) is 7.73. The summed E-state index contributed by atoms with van der Waals surface area (Å²) in [5.41, 5.74) is 0. The van der Waals surface area contributed by atoms with Gasteiger partial charge in [0.15, 0.2) is 5.78 Å². The predicted octanol–water partition coefficient (Wildman–Crippen LogP) is -5.14. The van der Waals surface area contributed by atoms with Crippen molar-refractivity contribution in [1.82, 2.24) is 0 Å². The summed E-state index contributed by atoms with van der Waals surface area (Å²) in [4.78, 5) is 12.0. The Hall–Kier alpha value is -0.690. The number of ether oxygens (including phenoxy) is 1. The second-order valence-electron chi connectivity index (χ2n) is 5.31. The van der Waals surface area contributed by atoms with Crippen molar-refractivity contribution < 1.29 is 50.4 Å². The molecular weight excluding hydrogens is 304 g/mol. The molecule has 0 aliphatic carbocycles. The molecule has 1 fully saturated rings. The summed E-state index contributed by atoms with van der Waals surface area (Å²) in [6, 6.07) is 0. The fourth-order valence-electron chi connectivity index (χ4n) is 2.15. The third-order valence-corrected chi connectivity index (χ3v) is 3.68. The van der Waals surface area contributed by atoms with E-state index in [1.165, 1.54) is 6.92 Å². The Morgan fingerprint density at radius 3 is 2.05 bits per heavy atom. The van der Waals surface area contributed by atoms with Crippen LogP contribution in [-0.4, -0.2) is 108 Å². The summed E-state index contributed by atoms with van der Waals surface area (Å²) in [6.07, 6.45) is -16.0. The van der Waals surface area contributed by atoms with Gasteiger partial charge in [0.25, 0.3) is 0 Å². The Bertz CT molecular complexity index is 377. The van der Waals surface area contributed by atoms with Gasteiger partial charge in [0.1, 0.15) is 48.8 Å². The fourth-order valence-corrected chi connectivity index (χ4v) is 2.15. The second-order valence-corrected chi connectivity index (χ2v) is 5.31. The smallest absolute Gasteiger partial charge is 0.195 e. The zero-order chi connectivity index (χ0) is 17.2. The van der Waals surface area contributed by atoms with Crippen LogP contribution >= 0.6 is 0 Å². The minimum Gasteiger partial charge on any atom is -0.394 e. The minimum absolute atomic E-state index is 0.913. The van der Waals surface area contributed by atoms with Crippen LogP contribution in [-0.2, 0) is 9.53 Å². The van der Waals surface area contributed by atoms with Gasteiger partial charge in [-0.2, -0.15) is 0 Å². The summed E-state index contributed by atoms with van der Waals surface area (Å²) in [5, 5.41) is 75.4. The summed E-state index contributed by atoms with van der Waals surface area (Å²) < 4.78 is 5.01. The average Bonchev–Trinajstić information content (AvgIpc) is 2.52. The number of aliphatic hydroxyl groups is 8. The van der Waals surface area contributed by atoms with Gasteiger partial charge in [-0.15, -0.1) is 0 Å². The van der Waals surface area contributed by atoms with Crippen LogP contribution < -0.4 is 0 Å². The molecule has 10 nitrogen and oxygen atoms in total. The molecule has 1 heterocycles. The van der Waals surface area contributed by atoms with E-state index in [-0.39, 0.29) is 0 Å². The Balaban J connectivity index is 2.81. The van der Waals surface area contributed by atoms with E-state index in [9.17, 15) is 40.5 Å². The van der Waals surface area contributed by atoms with Crippen LogP contribution in [0.15, 0.2) is 0 Å². The number of hydrogen-bond donors (Lipinski definition) is 8. The van der Waals surface area contributed by atoms with E-state index < -0.39 is 67.3 Å². The fraction of sp³-hybridized carbons (Fsp3) is 0.917. The van der Waals surface area contributed by atoms with Crippen molar-refractivity contribution in [2.24, 2.45) is 0 Å². The Morgan fingerprint density at radius 1 is 1.00 bits per heavy atom. The van der Waals surface area contributed by atoms with E-state index in [2.05, 4.69) is 0 Å². The van der Waals surface area contributed by atoms with Crippen LogP contribution in [0.5, 0.6) is 0 Å². The number of ketones is 1. The zero-order valence-electron chi connectivity index (χ0n) is 11.8. The van der Waals surface area contributed by atoms with E-state index in [4.69, 9.17) is 9.84 Å². The van der Waals surface area contributed by atoms with Crippen LogP contribution in [0.4, 0.5) is 0 Å². The normalized spacial score (nSPS) is 38.1. The highest BCUT2D eigenvalue weighted by Gasteiger charge is 2.48. The molecule has 0 saturated carbocycles. The van der Waals surface area contributed by atoms with Crippen molar-refractivity contribution in [2.75, 3.05) is 6.61 Å².